The highest BCUT2D eigenvalue weighted by Crippen LogP contribution is 2.29. The third kappa shape index (κ3) is 3.42. The molecule has 0 fully saturated rings. The van der Waals surface area contributed by atoms with Gasteiger partial charge in [-0.3, -0.25) is 5.10 Å². The van der Waals surface area contributed by atoms with Crippen molar-refractivity contribution in [3.05, 3.63) is 48.3 Å². The van der Waals surface area contributed by atoms with Gasteiger partial charge in [-0.2, -0.15) is 5.10 Å². The molecule has 4 nitrogen and oxygen atoms in total. The second kappa shape index (κ2) is 7.38. The molecule has 23 heavy (non-hydrogen) atoms. The number of aromatic amines is 1. The molecule has 0 saturated carbocycles. The van der Waals surface area contributed by atoms with Crippen LogP contribution >= 0.6 is 0 Å². The van der Waals surface area contributed by atoms with E-state index in [9.17, 15) is 0 Å². The van der Waals surface area contributed by atoms with Gasteiger partial charge in [0.25, 0.3) is 0 Å². The monoisotopic (exact) mass is 310 g/mol. The van der Waals surface area contributed by atoms with Gasteiger partial charge in [0, 0.05) is 19.1 Å². The zero-order valence-corrected chi connectivity index (χ0v) is 13.8. The molecule has 2 N–H and O–H groups in total. The van der Waals surface area contributed by atoms with E-state index in [0.29, 0.717) is 6.04 Å². The zero-order chi connectivity index (χ0) is 16.1. The molecule has 1 atom stereocenters. The molecule has 0 aliphatic rings. The molecule has 0 radical (unpaired) electrons. The van der Waals surface area contributed by atoms with Crippen LogP contribution in [0.3, 0.4) is 0 Å². The molecule has 3 rings (SSSR count). The third-order valence-electron chi connectivity index (χ3n) is 4.28. The predicted octanol–water partition coefficient (Wildman–Crippen LogP) is 4.71. The summed E-state index contributed by atoms with van der Waals surface area (Å²) in [5, 5.41) is 11.8. The van der Waals surface area contributed by atoms with E-state index in [-0.39, 0.29) is 1.43 Å². The number of H-pyrrole nitrogens is 1. The summed E-state index contributed by atoms with van der Waals surface area (Å²) in [6, 6.07) is 11.3. The van der Waals surface area contributed by atoms with Crippen LogP contribution in [0.1, 0.15) is 46.1 Å². The van der Waals surface area contributed by atoms with Crippen molar-refractivity contribution in [1.29, 1.82) is 0 Å². The van der Waals surface area contributed by atoms with Crippen molar-refractivity contribution >= 4 is 11.0 Å². The first-order valence-corrected chi connectivity index (χ1v) is 8.45. The third-order valence-corrected chi connectivity index (χ3v) is 4.28. The fourth-order valence-electron chi connectivity index (χ4n) is 2.98. The van der Waals surface area contributed by atoms with Crippen molar-refractivity contribution in [2.75, 3.05) is 6.54 Å². The van der Waals surface area contributed by atoms with Gasteiger partial charge in [0.15, 0.2) is 5.65 Å². The fourth-order valence-corrected chi connectivity index (χ4v) is 2.98. The van der Waals surface area contributed by atoms with Gasteiger partial charge in [-0.1, -0.05) is 38.5 Å². The lowest BCUT2D eigenvalue weighted by atomic mass is 9.97. The number of nitrogens with zero attached hydrogens (tertiary/aromatic N) is 2. The molecule has 3 aromatic rings. The van der Waals surface area contributed by atoms with E-state index in [2.05, 4.69) is 64.7 Å². The zero-order valence-electron chi connectivity index (χ0n) is 13.8. The predicted molar refractivity (Wildman–Crippen MR) is 97.4 cm³/mol. The highest BCUT2D eigenvalue weighted by Gasteiger charge is 2.11. The van der Waals surface area contributed by atoms with E-state index in [1.807, 2.05) is 12.4 Å². The largest absolute Gasteiger partial charge is 0.310 e. The van der Waals surface area contributed by atoms with Crippen molar-refractivity contribution in [3.63, 3.8) is 0 Å². The average Bonchev–Trinajstić information content (AvgIpc) is 3.07. The van der Waals surface area contributed by atoms with Crippen LogP contribution in [-0.2, 0) is 0 Å². The smallest absolute Gasteiger partial charge is 0.155 e. The molecular formula is C19H26N4. The first kappa shape index (κ1) is 15.7. The Labute approximate surface area is 138 Å². The lowest BCUT2D eigenvalue weighted by Gasteiger charge is -2.18. The summed E-state index contributed by atoms with van der Waals surface area (Å²) >= 11 is 0. The Kier molecular flexibility index (Phi) is 5.03. The number of hydrogen-bond acceptors (Lipinski definition) is 3. The molecule has 2 heterocycles. The molecule has 1 unspecified atom stereocenters. The van der Waals surface area contributed by atoms with Crippen LogP contribution in [0, 0.1) is 0 Å². The van der Waals surface area contributed by atoms with Crippen molar-refractivity contribution in [2.45, 2.75) is 39.2 Å². The molecule has 0 spiro atoms. The van der Waals surface area contributed by atoms with Crippen LogP contribution in [0.2, 0.25) is 0 Å². The lowest BCUT2D eigenvalue weighted by molar-refractivity contribution is 0.508. The van der Waals surface area contributed by atoms with E-state index >= 15 is 0 Å². The number of unbranched alkanes of at least 4 members (excludes halogenated alkanes) is 1. The highest BCUT2D eigenvalue weighted by molar-refractivity contribution is 5.92. The number of benzene rings is 1. The van der Waals surface area contributed by atoms with Crippen LogP contribution in [0.25, 0.3) is 22.2 Å². The molecular weight excluding hydrogens is 284 g/mol. The Hall–Kier alpha value is -2.20. The lowest BCUT2D eigenvalue weighted by Crippen LogP contribution is -2.21. The van der Waals surface area contributed by atoms with Crippen molar-refractivity contribution in [2.24, 2.45) is 0 Å². The molecule has 4 heteroatoms. The summed E-state index contributed by atoms with van der Waals surface area (Å²) in [7, 11) is 0. The minimum atomic E-state index is 0. The fraction of sp³-hybridized carbons (Fsp3) is 0.368. The Morgan fingerprint density at radius 1 is 1.26 bits per heavy atom. The topological polar surface area (TPSA) is 53.6 Å². The maximum absolute atomic E-state index is 4.32. The van der Waals surface area contributed by atoms with Crippen molar-refractivity contribution in [1.82, 2.24) is 20.5 Å². The maximum atomic E-state index is 4.32. The molecule has 0 amide bonds. The van der Waals surface area contributed by atoms with Gasteiger partial charge in [-0.05, 0) is 48.2 Å². The van der Waals surface area contributed by atoms with Gasteiger partial charge < -0.3 is 5.32 Å². The van der Waals surface area contributed by atoms with Crippen LogP contribution in [0.15, 0.2) is 42.7 Å². The van der Waals surface area contributed by atoms with E-state index < -0.39 is 0 Å². The summed E-state index contributed by atoms with van der Waals surface area (Å²) in [6.07, 6.45) is 7.21. The highest BCUT2D eigenvalue weighted by atomic mass is 15.1. The Morgan fingerprint density at radius 2 is 2.17 bits per heavy atom. The molecule has 0 bridgehead atoms. The minimum Gasteiger partial charge on any atom is -0.310 e. The van der Waals surface area contributed by atoms with Crippen LogP contribution < -0.4 is 5.32 Å². The Morgan fingerprint density at radius 3 is 3.00 bits per heavy atom. The number of aromatic nitrogens is 3. The molecule has 122 valence electrons. The summed E-state index contributed by atoms with van der Waals surface area (Å²) in [6.45, 7) is 5.53. The molecule has 2 aromatic heterocycles. The van der Waals surface area contributed by atoms with Gasteiger partial charge in [-0.15, -0.1) is 0 Å². The quantitative estimate of drug-likeness (QED) is 0.621. The van der Waals surface area contributed by atoms with Gasteiger partial charge in [0.05, 0.1) is 6.20 Å². The van der Waals surface area contributed by atoms with Crippen LogP contribution in [-0.4, -0.2) is 21.7 Å². The number of hydrogen-bond donors (Lipinski definition) is 2. The summed E-state index contributed by atoms with van der Waals surface area (Å²) in [5.74, 6) is 0. The van der Waals surface area contributed by atoms with Gasteiger partial charge in [0.1, 0.15) is 0 Å². The van der Waals surface area contributed by atoms with E-state index in [4.69, 9.17) is 0 Å². The Bertz CT molecular complexity index is 769. The maximum Gasteiger partial charge on any atom is 0.155 e. The molecule has 0 aliphatic carbocycles. The number of pyridine rings is 1. The van der Waals surface area contributed by atoms with Crippen molar-refractivity contribution < 1.29 is 1.43 Å². The van der Waals surface area contributed by atoms with Crippen LogP contribution in [0.5, 0.6) is 0 Å². The normalized spacial score (nSPS) is 12.6. The second-order valence-corrected chi connectivity index (χ2v) is 5.88. The van der Waals surface area contributed by atoms with E-state index in [0.717, 1.165) is 24.0 Å². The Balaban J connectivity index is 0.00000208. The molecule has 0 saturated heterocycles. The number of rotatable bonds is 7. The number of nitrogens with one attached hydrogen (secondary N) is 2. The van der Waals surface area contributed by atoms with Crippen LogP contribution in [0.4, 0.5) is 0 Å². The first-order chi connectivity index (χ1) is 11.3. The second-order valence-electron chi connectivity index (χ2n) is 5.88. The first-order valence-electron chi connectivity index (χ1n) is 8.45. The molecule has 1 aromatic carbocycles. The summed E-state index contributed by atoms with van der Waals surface area (Å²) < 4.78 is 0. The SMILES string of the molecule is CCCCNC(CC)c1cccc(-c2ccnc3[nH]ncc23)c1.[HH]. The van der Waals surface area contributed by atoms with Gasteiger partial charge >= 0.3 is 0 Å². The average molecular weight is 310 g/mol. The van der Waals surface area contributed by atoms with Crippen molar-refractivity contribution in [3.8, 4) is 11.1 Å². The van der Waals surface area contributed by atoms with Gasteiger partial charge in [0.2, 0.25) is 0 Å². The standard InChI is InChI=1S/C19H24N4.H2/c1-3-5-10-20-18(4-2)15-8-6-7-14(12-15)16-9-11-21-19-17(16)13-22-23-19;/h6-9,11-13,18,20H,3-5,10H2,1-2H3,(H,21,22,23);1H. The van der Waals surface area contributed by atoms with E-state index in [1.54, 1.807) is 0 Å². The van der Waals surface area contributed by atoms with Gasteiger partial charge in [-0.25, -0.2) is 4.98 Å². The molecule has 0 aliphatic heterocycles. The summed E-state index contributed by atoms with van der Waals surface area (Å²) in [5.41, 5.74) is 4.57. The number of fused-ring (bicyclic) bond motifs is 1. The minimum absolute atomic E-state index is 0. The van der Waals surface area contributed by atoms with E-state index in [1.165, 1.54) is 29.5 Å². The summed E-state index contributed by atoms with van der Waals surface area (Å²) in [4.78, 5) is 4.32.